The molecule has 96 valence electrons. The van der Waals surface area contributed by atoms with Crippen molar-refractivity contribution < 1.29 is 0 Å². The molecule has 1 aliphatic rings. The summed E-state index contributed by atoms with van der Waals surface area (Å²) in [4.78, 5) is 0. The third-order valence-corrected chi connectivity index (χ3v) is 4.01. The highest BCUT2D eigenvalue weighted by atomic mass is 35.5. The average Bonchev–Trinajstić information content (AvgIpc) is 2.52. The summed E-state index contributed by atoms with van der Waals surface area (Å²) in [5, 5.41) is 13.3. The molecule has 0 saturated heterocycles. The lowest BCUT2D eigenvalue weighted by Crippen LogP contribution is -2.23. The third-order valence-electron chi connectivity index (χ3n) is 3.78. The Morgan fingerprint density at radius 1 is 1.39 bits per heavy atom. The second kappa shape index (κ2) is 4.82. The zero-order valence-electron chi connectivity index (χ0n) is 11.1. The molecule has 0 radical (unpaired) electrons. The molecule has 2 rings (SSSR count). The zero-order chi connectivity index (χ0) is 13.3. The molecule has 0 heterocycles. The second-order valence-electron chi connectivity index (χ2n) is 6.10. The van der Waals surface area contributed by atoms with E-state index >= 15 is 0 Å². The summed E-state index contributed by atoms with van der Waals surface area (Å²) in [7, 11) is 0. The van der Waals surface area contributed by atoms with Crippen molar-refractivity contribution in [1.82, 2.24) is 0 Å². The Morgan fingerprint density at radius 3 is 2.67 bits per heavy atom. The van der Waals surface area contributed by atoms with Crippen LogP contribution in [0.1, 0.15) is 39.2 Å². The minimum Gasteiger partial charge on any atom is -0.381 e. The Bertz CT molecular complexity index is 488. The predicted molar refractivity (Wildman–Crippen MR) is 75.8 cm³/mol. The summed E-state index contributed by atoms with van der Waals surface area (Å²) < 4.78 is 0. The van der Waals surface area contributed by atoms with Crippen molar-refractivity contribution in [2.45, 2.75) is 39.7 Å². The van der Waals surface area contributed by atoms with E-state index in [-0.39, 0.29) is 0 Å². The van der Waals surface area contributed by atoms with Crippen LogP contribution < -0.4 is 5.32 Å². The molecule has 0 aromatic heterocycles. The maximum atomic E-state index is 9.12. The van der Waals surface area contributed by atoms with Crippen molar-refractivity contribution in [2.75, 3.05) is 5.32 Å². The van der Waals surface area contributed by atoms with E-state index in [0.717, 1.165) is 12.1 Å². The largest absolute Gasteiger partial charge is 0.381 e. The Morgan fingerprint density at radius 2 is 2.11 bits per heavy atom. The Labute approximate surface area is 114 Å². The molecule has 2 atom stereocenters. The molecule has 1 N–H and O–H groups in total. The summed E-state index contributed by atoms with van der Waals surface area (Å²) in [6.45, 7) is 6.87. The topological polar surface area (TPSA) is 35.8 Å². The minimum atomic E-state index is 0.377. The van der Waals surface area contributed by atoms with Gasteiger partial charge in [-0.15, -0.1) is 0 Å². The van der Waals surface area contributed by atoms with Crippen LogP contribution in [-0.2, 0) is 0 Å². The monoisotopic (exact) mass is 262 g/mol. The Balaban J connectivity index is 2.20. The van der Waals surface area contributed by atoms with Crippen LogP contribution in [0.3, 0.4) is 0 Å². The van der Waals surface area contributed by atoms with Gasteiger partial charge in [-0.1, -0.05) is 32.4 Å². The van der Waals surface area contributed by atoms with Crippen LogP contribution in [0.4, 0.5) is 5.69 Å². The number of halogens is 1. The van der Waals surface area contributed by atoms with Gasteiger partial charge in [-0.2, -0.15) is 5.26 Å². The van der Waals surface area contributed by atoms with E-state index in [0.29, 0.717) is 28.0 Å². The van der Waals surface area contributed by atoms with Crippen LogP contribution in [0.15, 0.2) is 18.2 Å². The van der Waals surface area contributed by atoms with Crippen molar-refractivity contribution >= 4 is 17.3 Å². The quantitative estimate of drug-likeness (QED) is 0.855. The van der Waals surface area contributed by atoms with E-state index in [9.17, 15) is 0 Å². The molecule has 0 amide bonds. The number of hydrogen-bond acceptors (Lipinski definition) is 2. The number of nitrogens with one attached hydrogen (secondary N) is 1. The number of rotatable bonds is 2. The number of hydrogen-bond donors (Lipinski definition) is 1. The van der Waals surface area contributed by atoms with E-state index in [4.69, 9.17) is 16.9 Å². The fraction of sp³-hybridized carbons (Fsp3) is 0.533. The molecule has 3 heteroatoms. The summed E-state index contributed by atoms with van der Waals surface area (Å²) in [6, 6.07) is 8.01. The first kappa shape index (κ1) is 13.2. The van der Waals surface area contributed by atoms with Crippen molar-refractivity contribution in [3.8, 4) is 6.07 Å². The van der Waals surface area contributed by atoms with Crippen LogP contribution in [0.25, 0.3) is 0 Å². The smallest absolute Gasteiger partial charge is 0.101 e. The molecule has 0 bridgehead atoms. The molecule has 2 nitrogen and oxygen atoms in total. The molecule has 1 saturated carbocycles. The Kier molecular flexibility index (Phi) is 3.54. The molecule has 0 spiro atoms. The van der Waals surface area contributed by atoms with Gasteiger partial charge in [-0.25, -0.2) is 0 Å². The molecule has 0 aliphatic heterocycles. The maximum absolute atomic E-state index is 9.12. The van der Waals surface area contributed by atoms with Crippen LogP contribution in [0, 0.1) is 22.7 Å². The first-order valence-corrected chi connectivity index (χ1v) is 6.75. The molecule has 2 unspecified atom stereocenters. The standard InChI is InChI=1S/C15H19ClN2/c1-10-7-15(2,3)8-14(10)18-13-6-12(16)5-4-11(13)9-17/h4-6,10,14,18H,7-8H2,1-3H3. The fourth-order valence-corrected chi connectivity index (χ4v) is 3.19. The fourth-order valence-electron chi connectivity index (χ4n) is 3.02. The first-order chi connectivity index (χ1) is 8.41. The summed E-state index contributed by atoms with van der Waals surface area (Å²) in [6.07, 6.45) is 2.35. The van der Waals surface area contributed by atoms with Gasteiger partial charge >= 0.3 is 0 Å². The highest BCUT2D eigenvalue weighted by Crippen LogP contribution is 2.42. The van der Waals surface area contributed by atoms with Gasteiger partial charge in [0, 0.05) is 11.1 Å². The van der Waals surface area contributed by atoms with Gasteiger partial charge in [-0.05, 0) is 42.4 Å². The van der Waals surface area contributed by atoms with E-state index in [1.807, 2.05) is 6.07 Å². The van der Waals surface area contributed by atoms with Crippen molar-refractivity contribution in [3.63, 3.8) is 0 Å². The highest BCUT2D eigenvalue weighted by Gasteiger charge is 2.36. The number of nitriles is 1. The zero-order valence-corrected chi connectivity index (χ0v) is 11.9. The molecule has 18 heavy (non-hydrogen) atoms. The van der Waals surface area contributed by atoms with Gasteiger partial charge in [-0.3, -0.25) is 0 Å². The lowest BCUT2D eigenvalue weighted by atomic mass is 9.91. The van der Waals surface area contributed by atoms with Gasteiger partial charge in [0.1, 0.15) is 6.07 Å². The number of benzene rings is 1. The molecule has 1 fully saturated rings. The predicted octanol–water partition coefficient (Wildman–Crippen LogP) is 4.45. The maximum Gasteiger partial charge on any atom is 0.101 e. The molecule has 1 aromatic rings. The third kappa shape index (κ3) is 2.79. The lowest BCUT2D eigenvalue weighted by molar-refractivity contribution is 0.366. The van der Waals surface area contributed by atoms with Gasteiger partial charge in [0.05, 0.1) is 11.3 Å². The molecular weight excluding hydrogens is 244 g/mol. The normalized spacial score (nSPS) is 25.7. The van der Waals surface area contributed by atoms with E-state index in [1.165, 1.54) is 6.42 Å². The second-order valence-corrected chi connectivity index (χ2v) is 6.54. The summed E-state index contributed by atoms with van der Waals surface area (Å²) >= 11 is 6.00. The lowest BCUT2D eigenvalue weighted by Gasteiger charge is -2.20. The van der Waals surface area contributed by atoms with Crippen LogP contribution in [0.5, 0.6) is 0 Å². The highest BCUT2D eigenvalue weighted by molar-refractivity contribution is 6.30. The van der Waals surface area contributed by atoms with Gasteiger partial charge in [0.15, 0.2) is 0 Å². The van der Waals surface area contributed by atoms with Gasteiger partial charge in [0.2, 0.25) is 0 Å². The number of nitrogens with zero attached hydrogens (tertiary/aromatic N) is 1. The van der Waals surface area contributed by atoms with Crippen molar-refractivity contribution in [2.24, 2.45) is 11.3 Å². The van der Waals surface area contributed by atoms with Crippen molar-refractivity contribution in [1.29, 1.82) is 5.26 Å². The molecular formula is C15H19ClN2. The number of anilines is 1. The average molecular weight is 263 g/mol. The Hall–Kier alpha value is -1.20. The molecule has 1 aromatic carbocycles. The summed E-state index contributed by atoms with van der Waals surface area (Å²) in [5.41, 5.74) is 1.90. The van der Waals surface area contributed by atoms with E-state index in [1.54, 1.807) is 12.1 Å². The van der Waals surface area contributed by atoms with Gasteiger partial charge in [0.25, 0.3) is 0 Å². The summed E-state index contributed by atoms with van der Waals surface area (Å²) in [5.74, 6) is 0.616. The first-order valence-electron chi connectivity index (χ1n) is 6.37. The van der Waals surface area contributed by atoms with Crippen LogP contribution in [-0.4, -0.2) is 6.04 Å². The van der Waals surface area contributed by atoms with Gasteiger partial charge < -0.3 is 5.32 Å². The van der Waals surface area contributed by atoms with E-state index in [2.05, 4.69) is 32.2 Å². The van der Waals surface area contributed by atoms with Crippen LogP contribution in [0.2, 0.25) is 5.02 Å². The van der Waals surface area contributed by atoms with Crippen molar-refractivity contribution in [3.05, 3.63) is 28.8 Å². The minimum absolute atomic E-state index is 0.377. The molecule has 1 aliphatic carbocycles. The SMILES string of the molecule is CC1CC(C)(C)CC1Nc1cc(Cl)ccc1C#N. The van der Waals surface area contributed by atoms with Crippen LogP contribution >= 0.6 is 11.6 Å². The van der Waals surface area contributed by atoms with E-state index < -0.39 is 0 Å².